The molecule has 4 nitrogen and oxygen atoms in total. The third-order valence-corrected chi connectivity index (χ3v) is 4.56. The Morgan fingerprint density at radius 3 is 2.86 bits per heavy atom. The lowest BCUT2D eigenvalue weighted by Gasteiger charge is -2.22. The third-order valence-electron chi connectivity index (χ3n) is 4.56. The van der Waals surface area contributed by atoms with Crippen molar-refractivity contribution in [3.8, 4) is 0 Å². The van der Waals surface area contributed by atoms with E-state index in [-0.39, 0.29) is 0 Å². The Bertz CT molecular complexity index is 645. The van der Waals surface area contributed by atoms with E-state index in [0.29, 0.717) is 6.04 Å². The van der Waals surface area contributed by atoms with Gasteiger partial charge >= 0.3 is 0 Å². The third kappa shape index (κ3) is 3.32. The molecule has 4 heteroatoms. The average Bonchev–Trinajstić information content (AvgIpc) is 2.90. The van der Waals surface area contributed by atoms with Gasteiger partial charge in [0.25, 0.3) is 0 Å². The van der Waals surface area contributed by atoms with E-state index in [9.17, 15) is 0 Å². The molecule has 0 amide bonds. The van der Waals surface area contributed by atoms with Crippen LogP contribution in [-0.4, -0.2) is 20.6 Å². The molecule has 118 valence electrons. The van der Waals surface area contributed by atoms with Gasteiger partial charge in [-0.2, -0.15) is 0 Å². The van der Waals surface area contributed by atoms with Crippen LogP contribution in [0.4, 0.5) is 5.82 Å². The molecule has 0 spiro atoms. The summed E-state index contributed by atoms with van der Waals surface area (Å²) in [4.78, 5) is 9.29. The Kier molecular flexibility index (Phi) is 4.46. The summed E-state index contributed by atoms with van der Waals surface area (Å²) in [5.74, 6) is 1.96. The standard InChI is InChI=1S/C18H26N4/c1-13(10-11-15-7-6-12-22(15)3)19-18-16-8-4-5-9-17(16)20-14(2)21-18/h6-7,12-13H,4-5,8-11H2,1-3H3,(H,19,20,21). The Morgan fingerprint density at radius 1 is 1.27 bits per heavy atom. The highest BCUT2D eigenvalue weighted by Crippen LogP contribution is 2.26. The molecule has 1 unspecified atom stereocenters. The molecule has 0 radical (unpaired) electrons. The van der Waals surface area contributed by atoms with Crippen LogP contribution in [0.25, 0.3) is 0 Å². The second kappa shape index (κ2) is 6.51. The van der Waals surface area contributed by atoms with E-state index in [1.165, 1.54) is 29.8 Å². The van der Waals surface area contributed by atoms with Crippen LogP contribution in [0.1, 0.15) is 49.0 Å². The van der Waals surface area contributed by atoms with E-state index in [1.807, 2.05) is 6.92 Å². The maximum absolute atomic E-state index is 4.66. The zero-order chi connectivity index (χ0) is 15.5. The fourth-order valence-corrected chi connectivity index (χ4v) is 3.26. The first-order valence-corrected chi connectivity index (χ1v) is 8.36. The van der Waals surface area contributed by atoms with Crippen molar-refractivity contribution in [3.05, 3.63) is 41.1 Å². The van der Waals surface area contributed by atoms with Gasteiger partial charge in [0.1, 0.15) is 11.6 Å². The zero-order valence-corrected chi connectivity index (χ0v) is 13.9. The molecule has 22 heavy (non-hydrogen) atoms. The molecule has 1 atom stereocenters. The molecule has 3 rings (SSSR count). The topological polar surface area (TPSA) is 42.7 Å². The van der Waals surface area contributed by atoms with E-state index < -0.39 is 0 Å². The summed E-state index contributed by atoms with van der Waals surface area (Å²) in [5, 5.41) is 3.63. The SMILES string of the molecule is Cc1nc2c(c(NC(C)CCc3cccn3C)n1)CCCC2. The number of aromatic nitrogens is 3. The summed E-state index contributed by atoms with van der Waals surface area (Å²) in [5.41, 5.74) is 3.99. The molecule has 0 aliphatic heterocycles. The molecule has 1 aliphatic rings. The van der Waals surface area contributed by atoms with Gasteiger partial charge in [0.2, 0.25) is 0 Å². The van der Waals surface area contributed by atoms with E-state index >= 15 is 0 Å². The highest BCUT2D eigenvalue weighted by molar-refractivity contribution is 5.48. The molecule has 0 saturated carbocycles. The van der Waals surface area contributed by atoms with Crippen LogP contribution in [0.3, 0.4) is 0 Å². The lowest BCUT2D eigenvalue weighted by Crippen LogP contribution is -2.21. The van der Waals surface area contributed by atoms with Gasteiger partial charge in [-0.25, -0.2) is 9.97 Å². The van der Waals surface area contributed by atoms with Gasteiger partial charge in [0, 0.05) is 36.2 Å². The molecule has 1 N–H and O–H groups in total. The predicted octanol–water partition coefficient (Wildman–Crippen LogP) is 3.44. The maximum Gasteiger partial charge on any atom is 0.133 e. The first kappa shape index (κ1) is 15.1. The van der Waals surface area contributed by atoms with Crippen molar-refractivity contribution in [2.75, 3.05) is 5.32 Å². The van der Waals surface area contributed by atoms with Crippen LogP contribution in [-0.2, 0) is 26.3 Å². The van der Waals surface area contributed by atoms with Crippen molar-refractivity contribution in [3.63, 3.8) is 0 Å². The Balaban J connectivity index is 1.67. The van der Waals surface area contributed by atoms with Gasteiger partial charge in [0.05, 0.1) is 0 Å². The smallest absolute Gasteiger partial charge is 0.133 e. The minimum absolute atomic E-state index is 0.412. The van der Waals surface area contributed by atoms with Gasteiger partial charge < -0.3 is 9.88 Å². The summed E-state index contributed by atoms with van der Waals surface area (Å²) in [7, 11) is 2.11. The van der Waals surface area contributed by atoms with Gasteiger partial charge in [-0.15, -0.1) is 0 Å². The van der Waals surface area contributed by atoms with Crippen molar-refractivity contribution in [1.29, 1.82) is 0 Å². The van der Waals surface area contributed by atoms with Crippen molar-refractivity contribution >= 4 is 5.82 Å². The molecule has 2 heterocycles. The monoisotopic (exact) mass is 298 g/mol. The van der Waals surface area contributed by atoms with Gasteiger partial charge in [0.15, 0.2) is 0 Å². The van der Waals surface area contributed by atoms with E-state index in [0.717, 1.165) is 37.3 Å². The normalized spacial score (nSPS) is 15.4. The average molecular weight is 298 g/mol. The first-order valence-electron chi connectivity index (χ1n) is 8.36. The number of nitrogens with one attached hydrogen (secondary N) is 1. The summed E-state index contributed by atoms with van der Waals surface area (Å²) in [6.07, 6.45) is 9.03. The summed E-state index contributed by atoms with van der Waals surface area (Å²) >= 11 is 0. The maximum atomic E-state index is 4.66. The Labute approximate surface area is 133 Å². The fourth-order valence-electron chi connectivity index (χ4n) is 3.26. The van der Waals surface area contributed by atoms with Crippen molar-refractivity contribution in [2.24, 2.45) is 7.05 Å². The number of nitrogens with zero attached hydrogens (tertiary/aromatic N) is 3. The molecule has 0 aromatic carbocycles. The highest BCUT2D eigenvalue weighted by atomic mass is 15.1. The second-order valence-corrected chi connectivity index (χ2v) is 6.45. The minimum atomic E-state index is 0.412. The van der Waals surface area contributed by atoms with Crippen molar-refractivity contribution in [2.45, 2.75) is 58.4 Å². The van der Waals surface area contributed by atoms with E-state index in [2.05, 4.69) is 52.2 Å². The van der Waals surface area contributed by atoms with Crippen molar-refractivity contribution < 1.29 is 0 Å². The van der Waals surface area contributed by atoms with Crippen LogP contribution in [0, 0.1) is 6.92 Å². The largest absolute Gasteiger partial charge is 0.367 e. The summed E-state index contributed by atoms with van der Waals surface area (Å²) < 4.78 is 2.20. The Hall–Kier alpha value is -1.84. The molecule has 0 bridgehead atoms. The number of hydrogen-bond acceptors (Lipinski definition) is 3. The quantitative estimate of drug-likeness (QED) is 0.919. The minimum Gasteiger partial charge on any atom is -0.367 e. The first-order chi connectivity index (χ1) is 10.6. The summed E-state index contributed by atoms with van der Waals surface area (Å²) in [6.45, 7) is 4.24. The lowest BCUT2D eigenvalue weighted by atomic mass is 9.96. The van der Waals surface area contributed by atoms with E-state index in [4.69, 9.17) is 0 Å². The second-order valence-electron chi connectivity index (χ2n) is 6.45. The predicted molar refractivity (Wildman–Crippen MR) is 90.2 cm³/mol. The van der Waals surface area contributed by atoms with Crippen LogP contribution >= 0.6 is 0 Å². The fraction of sp³-hybridized carbons (Fsp3) is 0.556. The number of aryl methyl sites for hydroxylation is 4. The molecule has 2 aromatic heterocycles. The number of hydrogen-bond donors (Lipinski definition) is 1. The number of rotatable bonds is 5. The molecule has 1 aliphatic carbocycles. The number of anilines is 1. The van der Waals surface area contributed by atoms with Crippen LogP contribution in [0.5, 0.6) is 0 Å². The van der Waals surface area contributed by atoms with Crippen LogP contribution < -0.4 is 5.32 Å². The Morgan fingerprint density at radius 2 is 2.09 bits per heavy atom. The van der Waals surface area contributed by atoms with E-state index in [1.54, 1.807) is 0 Å². The zero-order valence-electron chi connectivity index (χ0n) is 13.9. The van der Waals surface area contributed by atoms with Crippen molar-refractivity contribution in [1.82, 2.24) is 14.5 Å². The van der Waals surface area contributed by atoms with Crippen LogP contribution in [0.15, 0.2) is 18.3 Å². The molecule has 2 aromatic rings. The lowest BCUT2D eigenvalue weighted by molar-refractivity contribution is 0.645. The number of fused-ring (bicyclic) bond motifs is 1. The molecule has 0 fully saturated rings. The molecule has 0 saturated heterocycles. The van der Waals surface area contributed by atoms with Gasteiger partial charge in [-0.3, -0.25) is 0 Å². The van der Waals surface area contributed by atoms with Crippen LogP contribution in [0.2, 0.25) is 0 Å². The highest BCUT2D eigenvalue weighted by Gasteiger charge is 2.18. The summed E-state index contributed by atoms with van der Waals surface area (Å²) in [6, 6.07) is 4.72. The van der Waals surface area contributed by atoms with Gasteiger partial charge in [-0.1, -0.05) is 0 Å². The molecular formula is C18H26N4. The van der Waals surface area contributed by atoms with Gasteiger partial charge in [-0.05, 0) is 64.5 Å². The molecular weight excluding hydrogens is 272 g/mol.